The van der Waals surface area contributed by atoms with E-state index >= 15 is 0 Å². The van der Waals surface area contributed by atoms with Gasteiger partial charge in [-0.25, -0.2) is 4.39 Å². The van der Waals surface area contributed by atoms with Crippen LogP contribution < -0.4 is 5.73 Å². The van der Waals surface area contributed by atoms with Crippen molar-refractivity contribution in [2.75, 3.05) is 20.7 Å². The van der Waals surface area contributed by atoms with Gasteiger partial charge in [0.15, 0.2) is 0 Å². The van der Waals surface area contributed by atoms with E-state index in [1.54, 1.807) is 18.0 Å². The number of thiophene rings is 1. The highest BCUT2D eigenvalue weighted by Crippen LogP contribution is 2.34. The molecule has 0 radical (unpaired) electrons. The van der Waals surface area contributed by atoms with E-state index in [4.69, 9.17) is 10.5 Å². The first kappa shape index (κ1) is 15.9. The van der Waals surface area contributed by atoms with Gasteiger partial charge in [-0.15, -0.1) is 11.3 Å². The molecule has 0 aliphatic rings. The number of hydrogen-bond donors (Lipinski definition) is 1. The van der Waals surface area contributed by atoms with Crippen molar-refractivity contribution in [3.63, 3.8) is 0 Å². The molecular weight excluding hydrogens is 291 g/mol. The zero-order valence-corrected chi connectivity index (χ0v) is 13.2. The van der Waals surface area contributed by atoms with E-state index in [2.05, 4.69) is 0 Å². The zero-order valence-electron chi connectivity index (χ0n) is 12.4. The van der Waals surface area contributed by atoms with Crippen molar-refractivity contribution >= 4 is 27.3 Å². The van der Waals surface area contributed by atoms with E-state index in [0.29, 0.717) is 22.4 Å². The molecule has 0 bridgehead atoms. The van der Waals surface area contributed by atoms with Gasteiger partial charge in [-0.05, 0) is 19.1 Å². The fourth-order valence-corrected chi connectivity index (χ4v) is 3.35. The smallest absolute Gasteiger partial charge is 0.264 e. The summed E-state index contributed by atoms with van der Waals surface area (Å²) in [5.74, 6) is -0.482. The first-order chi connectivity index (χ1) is 10.0. The van der Waals surface area contributed by atoms with E-state index < -0.39 is 0 Å². The molecule has 1 unspecified atom stereocenters. The average molecular weight is 310 g/mol. The third-order valence-corrected chi connectivity index (χ3v) is 4.75. The minimum atomic E-state index is -0.329. The maximum atomic E-state index is 14.1. The molecule has 0 saturated carbocycles. The van der Waals surface area contributed by atoms with Gasteiger partial charge < -0.3 is 15.4 Å². The summed E-state index contributed by atoms with van der Waals surface area (Å²) in [5.41, 5.74) is 6.22. The number of nitrogens with two attached hydrogens (primary N) is 1. The van der Waals surface area contributed by atoms with Crippen LogP contribution in [0.4, 0.5) is 4.39 Å². The van der Waals surface area contributed by atoms with Crippen LogP contribution in [-0.4, -0.2) is 37.6 Å². The van der Waals surface area contributed by atoms with Crippen molar-refractivity contribution in [2.24, 2.45) is 5.73 Å². The number of likely N-dealkylation sites (N-methyl/N-ethyl adjacent to an activating group) is 1. The maximum Gasteiger partial charge on any atom is 0.264 e. The Hall–Kier alpha value is -1.50. The van der Waals surface area contributed by atoms with Crippen LogP contribution in [0, 0.1) is 5.82 Å². The summed E-state index contributed by atoms with van der Waals surface area (Å²) in [6, 6.07) is 4.77. The number of fused-ring (bicyclic) bond motifs is 1. The summed E-state index contributed by atoms with van der Waals surface area (Å²) in [6.45, 7) is 2.45. The van der Waals surface area contributed by atoms with E-state index in [-0.39, 0.29) is 24.4 Å². The van der Waals surface area contributed by atoms with Crippen molar-refractivity contribution < 1.29 is 13.9 Å². The number of benzene rings is 1. The van der Waals surface area contributed by atoms with Gasteiger partial charge in [0, 0.05) is 42.4 Å². The topological polar surface area (TPSA) is 55.6 Å². The highest BCUT2D eigenvalue weighted by atomic mass is 32.1. The Bertz CT molecular complexity index is 656. The number of halogens is 1. The quantitative estimate of drug-likeness (QED) is 0.923. The van der Waals surface area contributed by atoms with Crippen LogP contribution in [0.25, 0.3) is 10.1 Å². The summed E-state index contributed by atoms with van der Waals surface area (Å²) < 4.78 is 20.0. The summed E-state index contributed by atoms with van der Waals surface area (Å²) in [5, 5.41) is 0.474. The fraction of sp³-hybridized carbons (Fsp3) is 0.400. The van der Waals surface area contributed by atoms with Crippen molar-refractivity contribution in [3.05, 3.63) is 34.5 Å². The molecular formula is C15H19FN2O2S. The molecule has 6 heteroatoms. The highest BCUT2D eigenvalue weighted by molar-refractivity contribution is 7.21. The molecule has 21 heavy (non-hydrogen) atoms. The number of carbonyl (C=O) groups is 1. The minimum absolute atomic E-state index is 0.0806. The molecule has 2 rings (SSSR count). The summed E-state index contributed by atoms with van der Waals surface area (Å²) in [7, 11) is 3.24. The van der Waals surface area contributed by atoms with Gasteiger partial charge in [0.2, 0.25) is 0 Å². The van der Waals surface area contributed by atoms with Gasteiger partial charge in [-0.2, -0.15) is 0 Å². The second-order valence-electron chi connectivity index (χ2n) is 4.96. The van der Waals surface area contributed by atoms with E-state index in [0.717, 1.165) is 4.70 Å². The van der Waals surface area contributed by atoms with Crippen LogP contribution in [0.1, 0.15) is 22.2 Å². The monoisotopic (exact) mass is 310 g/mol. The van der Waals surface area contributed by atoms with Gasteiger partial charge in [0.05, 0.1) is 11.5 Å². The van der Waals surface area contributed by atoms with Gasteiger partial charge >= 0.3 is 0 Å². The highest BCUT2D eigenvalue weighted by Gasteiger charge is 2.24. The molecule has 4 nitrogen and oxygen atoms in total. The SMILES string of the molecule is COCc1c(C(=O)N(C)C(C)CN)sc2cccc(F)c12. The third kappa shape index (κ3) is 2.92. The van der Waals surface area contributed by atoms with Crippen molar-refractivity contribution in [1.29, 1.82) is 0 Å². The maximum absolute atomic E-state index is 14.1. The number of ether oxygens (including phenoxy) is 1. The molecule has 114 valence electrons. The summed E-state index contributed by atoms with van der Waals surface area (Å²) in [6.07, 6.45) is 0. The molecule has 1 aromatic heterocycles. The Kier molecular flexibility index (Phi) is 4.92. The second-order valence-corrected chi connectivity index (χ2v) is 6.01. The lowest BCUT2D eigenvalue weighted by Gasteiger charge is -2.23. The first-order valence-electron chi connectivity index (χ1n) is 6.67. The normalized spacial score (nSPS) is 12.6. The number of hydrogen-bond acceptors (Lipinski definition) is 4. The zero-order chi connectivity index (χ0) is 15.6. The molecule has 1 amide bonds. The lowest BCUT2D eigenvalue weighted by molar-refractivity contribution is 0.0749. The van der Waals surface area contributed by atoms with Crippen LogP contribution in [0.2, 0.25) is 0 Å². The Balaban J connectivity index is 2.55. The summed E-state index contributed by atoms with van der Waals surface area (Å²) in [4.78, 5) is 14.7. The average Bonchev–Trinajstić information content (AvgIpc) is 2.85. The minimum Gasteiger partial charge on any atom is -0.380 e. The van der Waals surface area contributed by atoms with Crippen LogP contribution in [-0.2, 0) is 11.3 Å². The van der Waals surface area contributed by atoms with Crippen molar-refractivity contribution in [2.45, 2.75) is 19.6 Å². The summed E-state index contributed by atoms with van der Waals surface area (Å²) >= 11 is 1.29. The fourth-order valence-electron chi connectivity index (χ4n) is 2.14. The van der Waals surface area contributed by atoms with Gasteiger partial charge in [0.25, 0.3) is 5.91 Å². The molecule has 0 fully saturated rings. The number of methoxy groups -OCH3 is 1. The van der Waals surface area contributed by atoms with Gasteiger partial charge in [-0.1, -0.05) is 6.07 Å². The van der Waals surface area contributed by atoms with E-state index in [9.17, 15) is 9.18 Å². The van der Waals surface area contributed by atoms with Gasteiger partial charge in [-0.3, -0.25) is 4.79 Å². The van der Waals surface area contributed by atoms with E-state index in [1.807, 2.05) is 13.0 Å². The Labute approximate surface area is 127 Å². The molecule has 1 aromatic carbocycles. The molecule has 0 aliphatic heterocycles. The molecule has 2 aromatic rings. The standard InChI is InChI=1S/C15H19FN2O2S/c1-9(7-17)18(2)15(19)14-10(8-20-3)13-11(16)5-4-6-12(13)21-14/h4-6,9H,7-8,17H2,1-3H3. The molecule has 2 N–H and O–H groups in total. The lowest BCUT2D eigenvalue weighted by atomic mass is 10.1. The van der Waals surface area contributed by atoms with Crippen LogP contribution in [0.15, 0.2) is 18.2 Å². The van der Waals surface area contributed by atoms with E-state index in [1.165, 1.54) is 24.5 Å². The number of amides is 1. The first-order valence-corrected chi connectivity index (χ1v) is 7.49. The lowest BCUT2D eigenvalue weighted by Crippen LogP contribution is -2.39. The number of carbonyl (C=O) groups excluding carboxylic acids is 1. The van der Waals surface area contributed by atoms with Crippen LogP contribution >= 0.6 is 11.3 Å². The largest absolute Gasteiger partial charge is 0.380 e. The Morgan fingerprint density at radius 3 is 2.86 bits per heavy atom. The number of nitrogens with zero attached hydrogens (tertiary/aromatic N) is 1. The van der Waals surface area contributed by atoms with Crippen LogP contribution in [0.3, 0.4) is 0 Å². The van der Waals surface area contributed by atoms with Crippen molar-refractivity contribution in [1.82, 2.24) is 4.90 Å². The molecule has 1 atom stereocenters. The molecule has 1 heterocycles. The third-order valence-electron chi connectivity index (χ3n) is 3.57. The molecule has 0 spiro atoms. The number of rotatable bonds is 5. The Morgan fingerprint density at radius 1 is 1.52 bits per heavy atom. The van der Waals surface area contributed by atoms with Gasteiger partial charge in [0.1, 0.15) is 5.82 Å². The predicted molar refractivity (Wildman–Crippen MR) is 83.1 cm³/mol. The van der Waals surface area contributed by atoms with Crippen molar-refractivity contribution in [3.8, 4) is 0 Å². The van der Waals surface area contributed by atoms with Crippen LogP contribution in [0.5, 0.6) is 0 Å². The Morgan fingerprint density at radius 2 is 2.24 bits per heavy atom. The second kappa shape index (κ2) is 6.51. The molecule has 0 saturated heterocycles. The molecule has 0 aliphatic carbocycles. The predicted octanol–water partition coefficient (Wildman–Crippen LogP) is 2.61.